The van der Waals surface area contributed by atoms with Crippen LogP contribution in [0.25, 0.3) is 0 Å². The van der Waals surface area contributed by atoms with Crippen LogP contribution in [0.5, 0.6) is 5.75 Å². The molecule has 0 radical (unpaired) electrons. The monoisotopic (exact) mass is 264 g/mol. The van der Waals surface area contributed by atoms with Gasteiger partial charge in [-0.2, -0.15) is 0 Å². The standard InChI is InChI=1S/C16H24O3/c1-10(2)19-15-9-11(3)14(12(4)13(15)5)7-6-8-16(17)18/h9-10H,6-8H2,1-5H3,(H,17,18). The van der Waals surface area contributed by atoms with Crippen molar-refractivity contribution in [3.05, 3.63) is 28.3 Å². The molecule has 0 aliphatic rings. The molecule has 1 N–H and O–H groups in total. The van der Waals surface area contributed by atoms with Crippen molar-refractivity contribution in [1.29, 1.82) is 0 Å². The largest absolute Gasteiger partial charge is 0.491 e. The highest BCUT2D eigenvalue weighted by Crippen LogP contribution is 2.29. The molecule has 0 heterocycles. The molecule has 0 spiro atoms. The zero-order valence-corrected chi connectivity index (χ0v) is 12.5. The molecule has 0 bridgehead atoms. The van der Waals surface area contributed by atoms with E-state index in [4.69, 9.17) is 9.84 Å². The normalized spacial score (nSPS) is 10.8. The topological polar surface area (TPSA) is 46.5 Å². The van der Waals surface area contributed by atoms with Crippen molar-refractivity contribution < 1.29 is 14.6 Å². The molecule has 1 rings (SSSR count). The van der Waals surface area contributed by atoms with Crippen LogP contribution in [0.4, 0.5) is 0 Å². The fourth-order valence-electron chi connectivity index (χ4n) is 2.28. The van der Waals surface area contributed by atoms with Crippen molar-refractivity contribution >= 4 is 5.97 Å². The van der Waals surface area contributed by atoms with Crippen LogP contribution in [0.1, 0.15) is 48.9 Å². The average Bonchev–Trinajstić information content (AvgIpc) is 2.29. The Balaban J connectivity index is 2.94. The van der Waals surface area contributed by atoms with Crippen molar-refractivity contribution in [2.24, 2.45) is 0 Å². The first-order valence-corrected chi connectivity index (χ1v) is 6.81. The minimum absolute atomic E-state index is 0.162. The van der Waals surface area contributed by atoms with E-state index < -0.39 is 5.97 Å². The Morgan fingerprint density at radius 1 is 1.26 bits per heavy atom. The van der Waals surface area contributed by atoms with Gasteiger partial charge < -0.3 is 9.84 Å². The number of aryl methyl sites for hydroxylation is 1. The Hall–Kier alpha value is -1.51. The summed E-state index contributed by atoms with van der Waals surface area (Å²) in [5.41, 5.74) is 4.82. The van der Waals surface area contributed by atoms with Gasteiger partial charge in [-0.05, 0) is 75.8 Å². The Morgan fingerprint density at radius 2 is 1.89 bits per heavy atom. The third-order valence-corrected chi connectivity index (χ3v) is 3.39. The number of hydrogen-bond donors (Lipinski definition) is 1. The first kappa shape index (κ1) is 15.5. The number of carboxylic acid groups (broad SMARTS) is 1. The van der Waals surface area contributed by atoms with Gasteiger partial charge in [0.15, 0.2) is 0 Å². The van der Waals surface area contributed by atoms with Crippen LogP contribution in [0.2, 0.25) is 0 Å². The minimum Gasteiger partial charge on any atom is -0.491 e. The molecular weight excluding hydrogens is 240 g/mol. The van der Waals surface area contributed by atoms with Crippen molar-refractivity contribution in [3.63, 3.8) is 0 Å². The van der Waals surface area contributed by atoms with Crippen molar-refractivity contribution in [2.75, 3.05) is 0 Å². The maximum atomic E-state index is 10.6. The molecule has 1 aromatic carbocycles. The number of carbonyl (C=O) groups is 1. The molecule has 3 heteroatoms. The van der Waals surface area contributed by atoms with Crippen LogP contribution in [0, 0.1) is 20.8 Å². The number of rotatable bonds is 6. The molecule has 0 saturated carbocycles. The minimum atomic E-state index is -0.730. The van der Waals surface area contributed by atoms with E-state index in [1.807, 2.05) is 13.8 Å². The average molecular weight is 264 g/mol. The van der Waals surface area contributed by atoms with E-state index in [1.54, 1.807) is 0 Å². The molecule has 0 fully saturated rings. The molecule has 0 aliphatic carbocycles. The Kier molecular flexibility index (Phi) is 5.40. The predicted octanol–water partition coefficient (Wildman–Crippen LogP) is 3.81. The van der Waals surface area contributed by atoms with E-state index in [-0.39, 0.29) is 12.5 Å². The summed E-state index contributed by atoms with van der Waals surface area (Å²) in [4.78, 5) is 10.6. The lowest BCUT2D eigenvalue weighted by molar-refractivity contribution is -0.137. The lowest BCUT2D eigenvalue weighted by Crippen LogP contribution is -2.09. The smallest absolute Gasteiger partial charge is 0.303 e. The second-order valence-corrected chi connectivity index (χ2v) is 5.33. The summed E-state index contributed by atoms with van der Waals surface area (Å²) in [6, 6.07) is 2.07. The van der Waals surface area contributed by atoms with Gasteiger partial charge in [-0.3, -0.25) is 4.79 Å². The molecule has 0 saturated heterocycles. The third kappa shape index (κ3) is 4.27. The summed E-state index contributed by atoms with van der Waals surface area (Å²) >= 11 is 0. The van der Waals surface area contributed by atoms with E-state index in [1.165, 1.54) is 16.7 Å². The van der Waals surface area contributed by atoms with Gasteiger partial charge in [-0.15, -0.1) is 0 Å². The lowest BCUT2D eigenvalue weighted by Gasteiger charge is -2.19. The zero-order chi connectivity index (χ0) is 14.6. The molecule has 0 aromatic heterocycles. The number of carboxylic acids is 1. The van der Waals surface area contributed by atoms with Crippen LogP contribution in [-0.2, 0) is 11.2 Å². The van der Waals surface area contributed by atoms with E-state index in [9.17, 15) is 4.79 Å². The van der Waals surface area contributed by atoms with Crippen LogP contribution < -0.4 is 4.74 Å². The Bertz CT molecular complexity index is 462. The van der Waals surface area contributed by atoms with Gasteiger partial charge in [0.1, 0.15) is 5.75 Å². The highest BCUT2D eigenvalue weighted by molar-refractivity contribution is 5.66. The summed E-state index contributed by atoms with van der Waals surface area (Å²) in [5, 5.41) is 8.71. The quantitative estimate of drug-likeness (QED) is 0.850. The summed E-state index contributed by atoms with van der Waals surface area (Å²) in [5.74, 6) is 0.207. The molecule has 106 valence electrons. The van der Waals surface area contributed by atoms with Gasteiger partial charge in [0, 0.05) is 6.42 Å². The lowest BCUT2D eigenvalue weighted by atomic mass is 9.93. The van der Waals surface area contributed by atoms with E-state index >= 15 is 0 Å². The van der Waals surface area contributed by atoms with E-state index in [0.717, 1.165) is 17.7 Å². The molecular formula is C16H24O3. The van der Waals surface area contributed by atoms with Crippen molar-refractivity contribution in [1.82, 2.24) is 0 Å². The molecule has 0 aliphatic heterocycles. The number of aliphatic carboxylic acids is 1. The second kappa shape index (κ2) is 6.60. The maximum absolute atomic E-state index is 10.6. The molecule has 3 nitrogen and oxygen atoms in total. The number of benzene rings is 1. The molecule has 0 atom stereocenters. The summed E-state index contributed by atoms with van der Waals surface area (Å²) in [7, 11) is 0. The van der Waals surface area contributed by atoms with Crippen LogP contribution >= 0.6 is 0 Å². The maximum Gasteiger partial charge on any atom is 0.303 e. The van der Waals surface area contributed by atoms with E-state index in [2.05, 4.69) is 26.8 Å². The van der Waals surface area contributed by atoms with Crippen molar-refractivity contribution in [2.45, 2.75) is 60.0 Å². The number of hydrogen-bond acceptors (Lipinski definition) is 2. The highest BCUT2D eigenvalue weighted by Gasteiger charge is 2.12. The fraction of sp³-hybridized carbons (Fsp3) is 0.562. The predicted molar refractivity (Wildman–Crippen MR) is 77.0 cm³/mol. The molecule has 0 unspecified atom stereocenters. The summed E-state index contributed by atoms with van der Waals surface area (Å²) in [6.07, 6.45) is 1.88. The fourth-order valence-corrected chi connectivity index (χ4v) is 2.28. The first-order chi connectivity index (χ1) is 8.82. The Morgan fingerprint density at radius 3 is 2.42 bits per heavy atom. The first-order valence-electron chi connectivity index (χ1n) is 6.81. The molecule has 1 aromatic rings. The number of ether oxygens (including phenoxy) is 1. The summed E-state index contributed by atoms with van der Waals surface area (Å²) < 4.78 is 5.81. The molecule has 19 heavy (non-hydrogen) atoms. The Labute approximate surface area is 115 Å². The summed E-state index contributed by atoms with van der Waals surface area (Å²) in [6.45, 7) is 10.3. The van der Waals surface area contributed by atoms with Crippen LogP contribution in [-0.4, -0.2) is 17.2 Å². The SMILES string of the molecule is Cc1cc(OC(C)C)c(C)c(C)c1CCCC(=O)O. The third-order valence-electron chi connectivity index (χ3n) is 3.39. The van der Waals surface area contributed by atoms with Crippen molar-refractivity contribution in [3.8, 4) is 5.75 Å². The van der Waals surface area contributed by atoms with Gasteiger partial charge in [0.2, 0.25) is 0 Å². The zero-order valence-electron chi connectivity index (χ0n) is 12.5. The van der Waals surface area contributed by atoms with Gasteiger partial charge in [-0.25, -0.2) is 0 Å². The van der Waals surface area contributed by atoms with Crippen LogP contribution in [0.3, 0.4) is 0 Å². The van der Waals surface area contributed by atoms with Gasteiger partial charge >= 0.3 is 5.97 Å². The van der Waals surface area contributed by atoms with Gasteiger partial charge in [-0.1, -0.05) is 0 Å². The van der Waals surface area contributed by atoms with Gasteiger partial charge in [0.25, 0.3) is 0 Å². The highest BCUT2D eigenvalue weighted by atomic mass is 16.5. The van der Waals surface area contributed by atoms with Crippen LogP contribution in [0.15, 0.2) is 6.07 Å². The second-order valence-electron chi connectivity index (χ2n) is 5.33. The van der Waals surface area contributed by atoms with Gasteiger partial charge in [0.05, 0.1) is 6.10 Å². The molecule has 0 amide bonds. The van der Waals surface area contributed by atoms with E-state index in [0.29, 0.717) is 6.42 Å².